The molecule has 2 rings (SSSR count). The zero-order chi connectivity index (χ0) is 14.4. The molecule has 0 bridgehead atoms. The zero-order valence-corrected chi connectivity index (χ0v) is 12.6. The minimum absolute atomic E-state index is 0.269. The number of carbonyl (C=O) groups is 1. The van der Waals surface area contributed by atoms with Gasteiger partial charge in [-0.25, -0.2) is 9.97 Å². The van der Waals surface area contributed by atoms with Crippen LogP contribution in [0.4, 0.5) is 0 Å². The summed E-state index contributed by atoms with van der Waals surface area (Å²) in [4.78, 5) is 18.8. The molecule has 2 aromatic rings. The molecule has 0 aliphatic heterocycles. The highest BCUT2D eigenvalue weighted by atomic mass is 79.9. The summed E-state index contributed by atoms with van der Waals surface area (Å²) in [7, 11) is 0. The van der Waals surface area contributed by atoms with E-state index in [0.29, 0.717) is 33.2 Å². The Morgan fingerprint density at radius 1 is 1.30 bits per heavy atom. The number of carbonyl (C=O) groups excluding carboxylic acids is 1. The van der Waals surface area contributed by atoms with E-state index in [1.54, 1.807) is 24.3 Å². The summed E-state index contributed by atoms with van der Waals surface area (Å²) in [6.07, 6.45) is 2.12. The molecule has 0 saturated heterocycles. The van der Waals surface area contributed by atoms with Crippen molar-refractivity contribution < 1.29 is 14.3 Å². The van der Waals surface area contributed by atoms with Crippen LogP contribution in [0, 0.1) is 0 Å². The number of aldehydes is 1. The van der Waals surface area contributed by atoms with Crippen LogP contribution in [-0.4, -0.2) is 29.5 Å². The number of aromatic nitrogens is 2. The van der Waals surface area contributed by atoms with Crippen LogP contribution < -0.4 is 9.47 Å². The first-order chi connectivity index (χ1) is 9.69. The van der Waals surface area contributed by atoms with E-state index < -0.39 is 0 Å². The van der Waals surface area contributed by atoms with Gasteiger partial charge in [-0.05, 0) is 22.0 Å². The van der Waals surface area contributed by atoms with E-state index in [9.17, 15) is 4.79 Å². The lowest BCUT2D eigenvalue weighted by molar-refractivity contribution is 0.111. The molecule has 0 radical (unpaired) electrons. The number of ether oxygens (including phenoxy) is 2. The van der Waals surface area contributed by atoms with Crippen LogP contribution in [0.5, 0.6) is 11.6 Å². The largest absolute Gasteiger partial charge is 0.489 e. The average molecular weight is 358 g/mol. The van der Waals surface area contributed by atoms with Gasteiger partial charge in [-0.3, -0.25) is 4.79 Å². The zero-order valence-electron chi connectivity index (χ0n) is 10.3. The standard InChI is InChI=1S/C13H10BrClN2O3/c14-11-6-10(9(8-18)7-16-11)19-4-5-20-13-3-1-2-12(15)17-13/h1-3,6-8H,4-5H2. The van der Waals surface area contributed by atoms with Crippen LogP contribution in [0.25, 0.3) is 0 Å². The van der Waals surface area contributed by atoms with Gasteiger partial charge in [0, 0.05) is 18.3 Å². The fraction of sp³-hybridized carbons (Fsp3) is 0.154. The lowest BCUT2D eigenvalue weighted by Crippen LogP contribution is -2.10. The normalized spacial score (nSPS) is 10.1. The Kier molecular flexibility index (Phi) is 5.31. The first kappa shape index (κ1) is 14.7. The van der Waals surface area contributed by atoms with Crippen LogP contribution in [0.2, 0.25) is 5.15 Å². The molecule has 0 aromatic carbocycles. The number of halogens is 2. The van der Waals surface area contributed by atoms with Gasteiger partial charge >= 0.3 is 0 Å². The summed E-state index contributed by atoms with van der Waals surface area (Å²) in [6, 6.07) is 6.74. The molecule has 2 aromatic heterocycles. The van der Waals surface area contributed by atoms with Crippen molar-refractivity contribution in [2.75, 3.05) is 13.2 Å². The van der Waals surface area contributed by atoms with Crippen molar-refractivity contribution in [1.82, 2.24) is 9.97 Å². The topological polar surface area (TPSA) is 61.3 Å². The third-order valence-corrected chi connectivity index (χ3v) is 2.91. The van der Waals surface area contributed by atoms with Gasteiger partial charge < -0.3 is 9.47 Å². The van der Waals surface area contributed by atoms with E-state index in [1.165, 1.54) is 6.20 Å². The molecule has 0 amide bonds. The van der Waals surface area contributed by atoms with Gasteiger partial charge in [0.25, 0.3) is 0 Å². The van der Waals surface area contributed by atoms with E-state index in [-0.39, 0.29) is 13.2 Å². The number of rotatable bonds is 6. The van der Waals surface area contributed by atoms with Crippen LogP contribution >= 0.6 is 27.5 Å². The molecular formula is C13H10BrClN2O3. The third-order valence-electron chi connectivity index (χ3n) is 2.27. The highest BCUT2D eigenvalue weighted by molar-refractivity contribution is 9.10. The third kappa shape index (κ3) is 4.18. The van der Waals surface area contributed by atoms with Crippen molar-refractivity contribution in [2.45, 2.75) is 0 Å². The summed E-state index contributed by atoms with van der Waals surface area (Å²) < 4.78 is 11.4. The van der Waals surface area contributed by atoms with Gasteiger partial charge in [0.1, 0.15) is 28.7 Å². The van der Waals surface area contributed by atoms with Gasteiger partial charge in [-0.1, -0.05) is 17.7 Å². The van der Waals surface area contributed by atoms with Crippen LogP contribution in [0.3, 0.4) is 0 Å². The second-order valence-electron chi connectivity index (χ2n) is 3.66. The van der Waals surface area contributed by atoms with Crippen molar-refractivity contribution in [2.24, 2.45) is 0 Å². The summed E-state index contributed by atoms with van der Waals surface area (Å²) in [5.74, 6) is 0.872. The molecule has 7 heteroatoms. The van der Waals surface area contributed by atoms with E-state index in [1.807, 2.05) is 0 Å². The molecule has 0 unspecified atom stereocenters. The Morgan fingerprint density at radius 3 is 2.85 bits per heavy atom. The first-order valence-electron chi connectivity index (χ1n) is 5.68. The number of nitrogens with zero attached hydrogens (tertiary/aromatic N) is 2. The van der Waals surface area contributed by atoms with Gasteiger partial charge in [0.15, 0.2) is 6.29 Å². The Hall–Kier alpha value is -1.66. The Bertz CT molecular complexity index is 610. The highest BCUT2D eigenvalue weighted by Crippen LogP contribution is 2.20. The van der Waals surface area contributed by atoms with Crippen LogP contribution in [0.15, 0.2) is 35.1 Å². The smallest absolute Gasteiger partial charge is 0.214 e. The second-order valence-corrected chi connectivity index (χ2v) is 4.86. The fourth-order valence-corrected chi connectivity index (χ4v) is 1.87. The summed E-state index contributed by atoms with van der Waals surface area (Å²) >= 11 is 8.95. The molecule has 2 heterocycles. The molecule has 0 fully saturated rings. The van der Waals surface area contributed by atoms with Gasteiger partial charge in [-0.15, -0.1) is 0 Å². The van der Waals surface area contributed by atoms with E-state index >= 15 is 0 Å². The summed E-state index contributed by atoms with van der Waals surface area (Å²) in [5, 5.41) is 0.365. The van der Waals surface area contributed by atoms with Gasteiger partial charge in [-0.2, -0.15) is 0 Å². The monoisotopic (exact) mass is 356 g/mol. The SMILES string of the molecule is O=Cc1cnc(Br)cc1OCCOc1cccc(Cl)n1. The van der Waals surface area contributed by atoms with E-state index in [4.69, 9.17) is 21.1 Å². The van der Waals surface area contributed by atoms with E-state index in [2.05, 4.69) is 25.9 Å². The van der Waals surface area contributed by atoms with E-state index in [0.717, 1.165) is 0 Å². The Balaban J connectivity index is 1.87. The number of pyridine rings is 2. The maximum atomic E-state index is 10.8. The molecular weight excluding hydrogens is 348 g/mol. The molecule has 5 nitrogen and oxygen atoms in total. The van der Waals surface area contributed by atoms with Crippen LogP contribution in [0.1, 0.15) is 10.4 Å². The van der Waals surface area contributed by atoms with Crippen molar-refractivity contribution in [3.05, 3.63) is 45.8 Å². The maximum absolute atomic E-state index is 10.8. The quantitative estimate of drug-likeness (QED) is 0.451. The molecule has 0 atom stereocenters. The van der Waals surface area contributed by atoms with Crippen molar-refractivity contribution in [1.29, 1.82) is 0 Å². The lowest BCUT2D eigenvalue weighted by Gasteiger charge is -2.09. The minimum Gasteiger partial charge on any atom is -0.489 e. The number of hydrogen-bond acceptors (Lipinski definition) is 5. The molecule has 0 aliphatic rings. The Morgan fingerprint density at radius 2 is 2.10 bits per heavy atom. The van der Waals surface area contributed by atoms with Crippen molar-refractivity contribution in [3.8, 4) is 11.6 Å². The summed E-state index contributed by atoms with van der Waals surface area (Å²) in [6.45, 7) is 0.553. The van der Waals surface area contributed by atoms with Crippen LogP contribution in [-0.2, 0) is 0 Å². The second kappa shape index (κ2) is 7.21. The van der Waals surface area contributed by atoms with Gasteiger partial charge in [0.05, 0.1) is 5.56 Å². The average Bonchev–Trinajstić information content (AvgIpc) is 2.44. The fourth-order valence-electron chi connectivity index (χ4n) is 1.40. The summed E-state index contributed by atoms with van der Waals surface area (Å²) in [5.41, 5.74) is 0.383. The minimum atomic E-state index is 0.269. The van der Waals surface area contributed by atoms with Crippen molar-refractivity contribution in [3.63, 3.8) is 0 Å². The highest BCUT2D eigenvalue weighted by Gasteiger charge is 2.05. The molecule has 0 spiro atoms. The molecule has 20 heavy (non-hydrogen) atoms. The molecule has 0 N–H and O–H groups in total. The Labute approximate surface area is 129 Å². The van der Waals surface area contributed by atoms with Crippen molar-refractivity contribution >= 4 is 33.8 Å². The first-order valence-corrected chi connectivity index (χ1v) is 6.85. The lowest BCUT2D eigenvalue weighted by atomic mass is 10.3. The maximum Gasteiger partial charge on any atom is 0.214 e. The van der Waals surface area contributed by atoms with Gasteiger partial charge in [0.2, 0.25) is 5.88 Å². The molecule has 0 saturated carbocycles. The molecule has 104 valence electrons. The molecule has 0 aliphatic carbocycles. The number of hydrogen-bond donors (Lipinski definition) is 0. The predicted molar refractivity (Wildman–Crippen MR) is 77.6 cm³/mol. The predicted octanol–water partition coefficient (Wildman–Crippen LogP) is 3.16.